The first-order valence-electron chi connectivity index (χ1n) is 5.90. The largest absolute Gasteiger partial charge is 0.273 e. The Labute approximate surface area is 110 Å². The van der Waals surface area contributed by atoms with E-state index in [0.29, 0.717) is 17.5 Å². The molecule has 5 heteroatoms. The molecule has 5 nitrogen and oxygen atoms in total. The van der Waals surface area contributed by atoms with Gasteiger partial charge in [-0.3, -0.25) is 14.5 Å². The zero-order chi connectivity index (χ0) is 13.8. The molecule has 0 saturated heterocycles. The summed E-state index contributed by atoms with van der Waals surface area (Å²) in [6.07, 6.45) is 0.599. The quantitative estimate of drug-likeness (QED) is 0.765. The molecule has 1 heterocycles. The van der Waals surface area contributed by atoms with Crippen molar-refractivity contribution in [3.63, 3.8) is 0 Å². The second kappa shape index (κ2) is 5.32. The number of imide groups is 1. The van der Waals surface area contributed by atoms with Gasteiger partial charge in [0.15, 0.2) is 0 Å². The molecule has 2 amide bonds. The first-order chi connectivity index (χ1) is 9.19. The van der Waals surface area contributed by atoms with E-state index in [9.17, 15) is 9.59 Å². The van der Waals surface area contributed by atoms with Crippen molar-refractivity contribution in [2.75, 3.05) is 6.54 Å². The molecule has 0 radical (unpaired) electrons. The Balaban J connectivity index is 2.16. The average molecular weight is 253 g/mol. The molecule has 0 spiro atoms. The average Bonchev–Trinajstić information content (AvgIpc) is 2.68. The molecule has 1 aliphatic rings. The van der Waals surface area contributed by atoms with Gasteiger partial charge < -0.3 is 0 Å². The maximum absolute atomic E-state index is 12.1. The van der Waals surface area contributed by atoms with Gasteiger partial charge in [0.05, 0.1) is 29.2 Å². The van der Waals surface area contributed by atoms with E-state index in [0.717, 1.165) is 4.90 Å². The molecule has 0 aromatic heterocycles. The predicted octanol–water partition coefficient (Wildman–Crippen LogP) is 1.73. The third-order valence-corrected chi connectivity index (χ3v) is 3.07. The zero-order valence-electron chi connectivity index (χ0n) is 10.2. The summed E-state index contributed by atoms with van der Waals surface area (Å²) >= 11 is 0. The fourth-order valence-electron chi connectivity index (χ4n) is 2.06. The second-order valence-corrected chi connectivity index (χ2v) is 4.29. The van der Waals surface area contributed by atoms with Crippen LogP contribution in [0.5, 0.6) is 0 Å². The highest BCUT2D eigenvalue weighted by Gasteiger charge is 2.36. The van der Waals surface area contributed by atoms with E-state index in [4.69, 9.17) is 10.5 Å². The Hall–Kier alpha value is -2.66. The summed E-state index contributed by atoms with van der Waals surface area (Å²) in [5.41, 5.74) is 0.758. The number of hydrogen-bond acceptors (Lipinski definition) is 4. The molecule has 0 aliphatic carbocycles. The molecule has 0 unspecified atom stereocenters. The van der Waals surface area contributed by atoms with Crippen molar-refractivity contribution in [2.24, 2.45) is 5.92 Å². The van der Waals surface area contributed by atoms with E-state index in [-0.39, 0.29) is 24.8 Å². The minimum atomic E-state index is -0.498. The first kappa shape index (κ1) is 12.8. The van der Waals surface area contributed by atoms with E-state index in [1.807, 2.05) is 12.1 Å². The van der Waals surface area contributed by atoms with Gasteiger partial charge in [0.25, 0.3) is 11.8 Å². The van der Waals surface area contributed by atoms with Crippen molar-refractivity contribution in [1.29, 1.82) is 10.5 Å². The van der Waals surface area contributed by atoms with Gasteiger partial charge in [-0.25, -0.2) is 0 Å². The summed E-state index contributed by atoms with van der Waals surface area (Å²) in [7, 11) is 0. The SMILES string of the molecule is N#CCC[C@@H](C#N)CN1C(=O)c2ccccc2C1=O. The number of carbonyl (C=O) groups excluding carboxylic acids is 2. The van der Waals surface area contributed by atoms with Gasteiger partial charge in [0, 0.05) is 13.0 Å². The van der Waals surface area contributed by atoms with Gasteiger partial charge in [-0.1, -0.05) is 12.1 Å². The van der Waals surface area contributed by atoms with Gasteiger partial charge in [-0.2, -0.15) is 10.5 Å². The standard InChI is InChI=1S/C14H11N3O2/c15-7-3-4-10(8-16)9-17-13(18)11-5-1-2-6-12(11)14(17)19/h1-2,5-6,10H,3-4,9H2/t10-/m0/s1. The minimum Gasteiger partial charge on any atom is -0.273 e. The van der Waals surface area contributed by atoms with E-state index in [2.05, 4.69) is 0 Å². The number of rotatable bonds is 4. The summed E-state index contributed by atoms with van der Waals surface area (Å²) in [6, 6.07) is 10.6. The van der Waals surface area contributed by atoms with Crippen molar-refractivity contribution >= 4 is 11.8 Å². The van der Waals surface area contributed by atoms with Crippen LogP contribution in [0, 0.1) is 28.6 Å². The van der Waals surface area contributed by atoms with Crippen molar-refractivity contribution in [2.45, 2.75) is 12.8 Å². The van der Waals surface area contributed by atoms with Crippen LogP contribution in [-0.2, 0) is 0 Å². The number of benzene rings is 1. The Kier molecular flexibility index (Phi) is 3.58. The number of nitriles is 2. The lowest BCUT2D eigenvalue weighted by Gasteiger charge is -2.16. The third-order valence-electron chi connectivity index (χ3n) is 3.07. The molecule has 0 saturated carbocycles. The summed E-state index contributed by atoms with van der Waals surface area (Å²) in [5, 5.41) is 17.5. The maximum Gasteiger partial charge on any atom is 0.261 e. The number of nitrogens with zero attached hydrogens (tertiary/aromatic N) is 3. The molecule has 1 aliphatic heterocycles. The molecule has 0 fully saturated rings. The lowest BCUT2D eigenvalue weighted by atomic mass is 10.1. The van der Waals surface area contributed by atoms with Crippen LogP contribution in [-0.4, -0.2) is 23.3 Å². The van der Waals surface area contributed by atoms with Gasteiger partial charge >= 0.3 is 0 Å². The maximum atomic E-state index is 12.1. The molecule has 1 atom stereocenters. The molecule has 1 aromatic rings. The van der Waals surface area contributed by atoms with E-state index in [1.54, 1.807) is 24.3 Å². The van der Waals surface area contributed by atoms with Crippen LogP contribution in [0.3, 0.4) is 0 Å². The van der Waals surface area contributed by atoms with Crippen molar-refractivity contribution in [3.8, 4) is 12.1 Å². The van der Waals surface area contributed by atoms with Crippen molar-refractivity contribution in [1.82, 2.24) is 4.90 Å². The normalized spacial score (nSPS) is 14.7. The summed E-state index contributed by atoms with van der Waals surface area (Å²) < 4.78 is 0. The third kappa shape index (κ3) is 2.31. The van der Waals surface area contributed by atoms with Gasteiger partial charge in [-0.05, 0) is 18.6 Å². The number of carbonyl (C=O) groups is 2. The molecule has 94 valence electrons. The van der Waals surface area contributed by atoms with Crippen LogP contribution >= 0.6 is 0 Å². The molecular weight excluding hydrogens is 242 g/mol. The number of amides is 2. The van der Waals surface area contributed by atoms with Crippen LogP contribution in [0.25, 0.3) is 0 Å². The lowest BCUT2D eigenvalue weighted by molar-refractivity contribution is 0.0638. The van der Waals surface area contributed by atoms with E-state index < -0.39 is 5.92 Å². The molecule has 1 aromatic carbocycles. The minimum absolute atomic E-state index is 0.0462. The summed E-state index contributed by atoms with van der Waals surface area (Å²) in [4.78, 5) is 25.2. The smallest absolute Gasteiger partial charge is 0.261 e. The molecule has 19 heavy (non-hydrogen) atoms. The molecule has 2 rings (SSSR count). The predicted molar refractivity (Wildman–Crippen MR) is 65.8 cm³/mol. The lowest BCUT2D eigenvalue weighted by Crippen LogP contribution is -2.34. The highest BCUT2D eigenvalue weighted by molar-refractivity contribution is 6.21. The van der Waals surface area contributed by atoms with E-state index in [1.165, 1.54) is 0 Å². The second-order valence-electron chi connectivity index (χ2n) is 4.29. The van der Waals surface area contributed by atoms with Crippen LogP contribution in [0.4, 0.5) is 0 Å². The van der Waals surface area contributed by atoms with Crippen LogP contribution in [0.2, 0.25) is 0 Å². The van der Waals surface area contributed by atoms with Crippen molar-refractivity contribution in [3.05, 3.63) is 35.4 Å². The Morgan fingerprint density at radius 1 is 1.11 bits per heavy atom. The molecular formula is C14H11N3O2. The molecule has 0 bridgehead atoms. The Morgan fingerprint density at radius 3 is 2.16 bits per heavy atom. The zero-order valence-corrected chi connectivity index (χ0v) is 10.2. The summed E-state index contributed by atoms with van der Waals surface area (Å²) in [6.45, 7) is 0.0462. The highest BCUT2D eigenvalue weighted by atomic mass is 16.2. The monoisotopic (exact) mass is 253 g/mol. The van der Waals surface area contributed by atoms with E-state index >= 15 is 0 Å². The summed E-state index contributed by atoms with van der Waals surface area (Å²) in [5.74, 6) is -1.22. The van der Waals surface area contributed by atoms with Crippen LogP contribution in [0.15, 0.2) is 24.3 Å². The Morgan fingerprint density at radius 2 is 1.68 bits per heavy atom. The van der Waals surface area contributed by atoms with Crippen LogP contribution < -0.4 is 0 Å². The first-order valence-corrected chi connectivity index (χ1v) is 5.90. The highest BCUT2D eigenvalue weighted by Crippen LogP contribution is 2.23. The number of hydrogen-bond donors (Lipinski definition) is 0. The topological polar surface area (TPSA) is 85.0 Å². The van der Waals surface area contributed by atoms with Gasteiger partial charge in [0.2, 0.25) is 0 Å². The van der Waals surface area contributed by atoms with Gasteiger partial charge in [-0.15, -0.1) is 0 Å². The molecule has 0 N–H and O–H groups in total. The van der Waals surface area contributed by atoms with Crippen molar-refractivity contribution < 1.29 is 9.59 Å². The fraction of sp³-hybridized carbons (Fsp3) is 0.286. The fourth-order valence-corrected chi connectivity index (χ4v) is 2.06. The van der Waals surface area contributed by atoms with Gasteiger partial charge in [0.1, 0.15) is 0 Å². The Bertz CT molecular complexity index is 575. The number of fused-ring (bicyclic) bond motifs is 1. The van der Waals surface area contributed by atoms with Crippen LogP contribution in [0.1, 0.15) is 33.6 Å².